The number of fused-ring (bicyclic) bond motifs is 1. The van der Waals surface area contributed by atoms with E-state index in [0.717, 1.165) is 16.5 Å². The molecule has 3 rings (SSSR count). The molecular formula is C19H17F3N2O2S. The number of hydrogen-bond acceptors (Lipinski definition) is 3. The smallest absolute Gasteiger partial charge is 0.398 e. The number of aromatic amines is 1. The molecule has 0 aliphatic rings. The summed E-state index contributed by atoms with van der Waals surface area (Å²) in [6.45, 7) is 0. The van der Waals surface area contributed by atoms with E-state index in [1.165, 1.54) is 0 Å². The number of ether oxygens (including phenoxy) is 1. The first-order valence-electron chi connectivity index (χ1n) is 8.08. The summed E-state index contributed by atoms with van der Waals surface area (Å²) in [5.74, 6) is -0.640. The summed E-state index contributed by atoms with van der Waals surface area (Å²) in [4.78, 5) is 15.9. The number of carbonyl (C=O) groups excluding carboxylic acids is 1. The Labute approximate surface area is 158 Å². The molecule has 1 aromatic heterocycles. The number of H-pyrrole nitrogens is 1. The van der Waals surface area contributed by atoms with Crippen LogP contribution in [-0.2, 0) is 11.2 Å². The summed E-state index contributed by atoms with van der Waals surface area (Å²) in [6.07, 6.45) is -2.44. The molecule has 0 fully saturated rings. The lowest BCUT2D eigenvalue weighted by Gasteiger charge is -2.12. The lowest BCUT2D eigenvalue weighted by Crippen LogP contribution is -2.15. The van der Waals surface area contributed by atoms with Crippen molar-refractivity contribution in [2.24, 2.45) is 0 Å². The van der Waals surface area contributed by atoms with E-state index in [-0.39, 0.29) is 12.3 Å². The zero-order chi connectivity index (χ0) is 19.4. The van der Waals surface area contributed by atoms with Gasteiger partial charge in [-0.25, -0.2) is 0 Å². The van der Waals surface area contributed by atoms with Crippen LogP contribution < -0.4 is 10.1 Å². The van der Waals surface area contributed by atoms with Crippen molar-refractivity contribution in [3.8, 4) is 5.75 Å². The molecule has 0 radical (unpaired) electrons. The lowest BCUT2D eigenvalue weighted by molar-refractivity contribution is -0.115. The minimum Gasteiger partial charge on any atom is -0.497 e. The van der Waals surface area contributed by atoms with Gasteiger partial charge in [0.2, 0.25) is 5.91 Å². The number of halogens is 3. The topological polar surface area (TPSA) is 54.1 Å². The first kappa shape index (κ1) is 19.2. The summed E-state index contributed by atoms with van der Waals surface area (Å²) in [5, 5.41) is 3.57. The van der Waals surface area contributed by atoms with Crippen LogP contribution in [-0.4, -0.2) is 29.9 Å². The normalized spacial score (nSPS) is 11.6. The van der Waals surface area contributed by atoms with Gasteiger partial charge in [0.25, 0.3) is 0 Å². The molecule has 1 amide bonds. The van der Waals surface area contributed by atoms with Gasteiger partial charge in [-0.15, -0.1) is 11.8 Å². The number of carbonyl (C=O) groups is 1. The van der Waals surface area contributed by atoms with Gasteiger partial charge in [-0.1, -0.05) is 12.1 Å². The summed E-state index contributed by atoms with van der Waals surface area (Å²) < 4.78 is 42.6. The zero-order valence-electron chi connectivity index (χ0n) is 14.4. The van der Waals surface area contributed by atoms with Crippen molar-refractivity contribution >= 4 is 34.3 Å². The molecule has 2 aromatic carbocycles. The second-order valence-corrected chi connectivity index (χ2v) is 6.87. The molecule has 0 saturated carbocycles. The van der Waals surface area contributed by atoms with Crippen molar-refractivity contribution in [3.63, 3.8) is 0 Å². The van der Waals surface area contributed by atoms with Crippen molar-refractivity contribution in [2.45, 2.75) is 17.5 Å². The number of rotatable bonds is 6. The average Bonchev–Trinajstić information content (AvgIpc) is 3.02. The molecule has 4 nitrogen and oxygen atoms in total. The van der Waals surface area contributed by atoms with Gasteiger partial charge in [0.15, 0.2) is 0 Å². The van der Waals surface area contributed by atoms with Crippen molar-refractivity contribution in [3.05, 3.63) is 54.2 Å². The molecule has 0 saturated heterocycles. The van der Waals surface area contributed by atoms with Gasteiger partial charge in [-0.3, -0.25) is 4.79 Å². The molecular weight excluding hydrogens is 377 g/mol. The fourth-order valence-electron chi connectivity index (χ4n) is 2.65. The highest BCUT2D eigenvalue weighted by molar-refractivity contribution is 7.99. The Hall–Kier alpha value is -2.61. The minimum atomic E-state index is -4.27. The molecule has 3 aromatic rings. The van der Waals surface area contributed by atoms with Crippen LogP contribution in [0.2, 0.25) is 0 Å². The van der Waals surface area contributed by atoms with Crippen molar-refractivity contribution in [1.82, 2.24) is 4.98 Å². The maximum absolute atomic E-state index is 12.5. The summed E-state index contributed by atoms with van der Waals surface area (Å²) in [7, 11) is 1.57. The van der Waals surface area contributed by atoms with E-state index in [4.69, 9.17) is 4.74 Å². The lowest BCUT2D eigenvalue weighted by atomic mass is 10.1. The van der Waals surface area contributed by atoms with E-state index in [1.54, 1.807) is 37.6 Å². The maximum Gasteiger partial charge on any atom is 0.398 e. The van der Waals surface area contributed by atoms with E-state index in [1.807, 2.05) is 18.2 Å². The molecule has 0 unspecified atom stereocenters. The number of nitrogens with one attached hydrogen (secondary N) is 2. The third-order valence-corrected chi connectivity index (χ3v) is 5.02. The molecule has 142 valence electrons. The first-order valence-corrected chi connectivity index (χ1v) is 9.07. The fourth-order valence-corrected chi connectivity index (χ4v) is 3.42. The van der Waals surface area contributed by atoms with Gasteiger partial charge in [0.1, 0.15) is 5.75 Å². The van der Waals surface area contributed by atoms with Crippen LogP contribution in [0.15, 0.2) is 53.6 Å². The third kappa shape index (κ3) is 4.97. The zero-order valence-corrected chi connectivity index (χ0v) is 15.2. The monoisotopic (exact) mass is 394 g/mol. The number of thioether (sulfide) groups is 1. The maximum atomic E-state index is 12.5. The van der Waals surface area contributed by atoms with Crippen LogP contribution in [0.3, 0.4) is 0 Å². The quantitative estimate of drug-likeness (QED) is 0.578. The van der Waals surface area contributed by atoms with Crippen molar-refractivity contribution in [2.75, 3.05) is 18.2 Å². The van der Waals surface area contributed by atoms with Crippen LogP contribution in [0.1, 0.15) is 5.56 Å². The van der Waals surface area contributed by atoms with Crippen LogP contribution in [0.25, 0.3) is 10.9 Å². The molecule has 1 heterocycles. The number of amides is 1. The van der Waals surface area contributed by atoms with Gasteiger partial charge in [0.05, 0.1) is 25.0 Å². The van der Waals surface area contributed by atoms with Gasteiger partial charge in [0, 0.05) is 22.0 Å². The van der Waals surface area contributed by atoms with Crippen LogP contribution >= 0.6 is 11.8 Å². The van der Waals surface area contributed by atoms with Gasteiger partial charge in [-0.2, -0.15) is 13.2 Å². The average molecular weight is 394 g/mol. The number of anilines is 1. The van der Waals surface area contributed by atoms with Crippen LogP contribution in [0.5, 0.6) is 5.75 Å². The summed E-state index contributed by atoms with van der Waals surface area (Å²) in [5.41, 5.74) is 2.02. The number of para-hydroxylation sites is 1. The predicted octanol–water partition coefficient (Wildman–Crippen LogP) is 5.01. The number of methoxy groups -OCH3 is 1. The van der Waals surface area contributed by atoms with Gasteiger partial charge in [-0.05, 0) is 35.9 Å². The first-order chi connectivity index (χ1) is 12.9. The molecule has 0 atom stereocenters. The number of alkyl halides is 3. The summed E-state index contributed by atoms with van der Waals surface area (Å²) in [6, 6.07) is 12.0. The Bertz CT molecular complexity index is 954. The SMILES string of the molecule is COc1ccc2[nH]cc(CC(=O)Nc3ccccc3SCC(F)(F)F)c2c1. The second-order valence-electron chi connectivity index (χ2n) is 5.85. The van der Waals surface area contributed by atoms with Crippen molar-refractivity contribution < 1.29 is 22.7 Å². The minimum absolute atomic E-state index is 0.0887. The standard InChI is InChI=1S/C19H17F3N2O2S/c1-26-13-6-7-15-14(9-13)12(10-23-15)8-18(25)24-16-4-2-3-5-17(16)27-11-19(20,21)22/h2-7,9-10,23H,8,11H2,1H3,(H,24,25). The predicted molar refractivity (Wildman–Crippen MR) is 100 cm³/mol. The van der Waals surface area contributed by atoms with Gasteiger partial charge < -0.3 is 15.0 Å². The third-order valence-electron chi connectivity index (χ3n) is 3.88. The Morgan fingerprint density at radius 1 is 1.22 bits per heavy atom. The Balaban J connectivity index is 1.73. The number of benzene rings is 2. The Morgan fingerprint density at radius 3 is 2.74 bits per heavy atom. The van der Waals surface area contributed by atoms with Crippen LogP contribution in [0.4, 0.5) is 18.9 Å². The molecule has 8 heteroatoms. The van der Waals surface area contributed by atoms with E-state index in [9.17, 15) is 18.0 Å². The molecule has 0 aliphatic heterocycles. The highest BCUT2D eigenvalue weighted by Crippen LogP contribution is 2.32. The molecule has 0 bridgehead atoms. The highest BCUT2D eigenvalue weighted by atomic mass is 32.2. The largest absolute Gasteiger partial charge is 0.497 e. The number of aromatic nitrogens is 1. The van der Waals surface area contributed by atoms with Crippen molar-refractivity contribution in [1.29, 1.82) is 0 Å². The molecule has 2 N–H and O–H groups in total. The van der Waals surface area contributed by atoms with E-state index in [0.29, 0.717) is 28.1 Å². The second kappa shape index (κ2) is 7.96. The fraction of sp³-hybridized carbons (Fsp3) is 0.211. The Kier molecular flexibility index (Phi) is 5.65. The highest BCUT2D eigenvalue weighted by Gasteiger charge is 2.27. The molecule has 0 spiro atoms. The summed E-state index contributed by atoms with van der Waals surface area (Å²) >= 11 is 0.649. The van der Waals surface area contributed by atoms with Gasteiger partial charge >= 0.3 is 6.18 Å². The van der Waals surface area contributed by atoms with E-state index >= 15 is 0 Å². The molecule has 0 aliphatic carbocycles. The van der Waals surface area contributed by atoms with E-state index < -0.39 is 11.9 Å². The van der Waals surface area contributed by atoms with E-state index in [2.05, 4.69) is 10.3 Å². The van der Waals surface area contributed by atoms with Crippen LogP contribution in [0, 0.1) is 0 Å². The Morgan fingerprint density at radius 2 is 2.00 bits per heavy atom. The number of hydrogen-bond donors (Lipinski definition) is 2. The molecule has 27 heavy (non-hydrogen) atoms.